The Hall–Kier alpha value is -1.76. The van der Waals surface area contributed by atoms with Crippen LogP contribution in [0.3, 0.4) is 0 Å². The van der Waals surface area contributed by atoms with Crippen LogP contribution >= 0.6 is 0 Å². The van der Waals surface area contributed by atoms with Gasteiger partial charge in [-0.15, -0.1) is 0 Å². The minimum Gasteiger partial charge on any atom is -0.466 e. The first kappa shape index (κ1) is 17.6. The van der Waals surface area contributed by atoms with Crippen molar-refractivity contribution in [3.8, 4) is 0 Å². The number of methoxy groups -OCH3 is 1. The van der Waals surface area contributed by atoms with Gasteiger partial charge in [-0.25, -0.2) is 9.59 Å². The zero-order valence-corrected chi connectivity index (χ0v) is 14.2. The van der Waals surface area contributed by atoms with Gasteiger partial charge in [-0.1, -0.05) is 6.92 Å². The monoisotopic (exact) mass is 326 g/mol. The number of hydrogen-bond donors (Lipinski definition) is 1. The molecule has 0 radical (unpaired) electrons. The van der Waals surface area contributed by atoms with Crippen LogP contribution in [0, 0.1) is 17.8 Å². The van der Waals surface area contributed by atoms with Gasteiger partial charge in [0.2, 0.25) is 6.29 Å². The Morgan fingerprint density at radius 2 is 2.13 bits per heavy atom. The molecule has 1 saturated carbocycles. The Bertz CT molecular complexity index is 477. The van der Waals surface area contributed by atoms with Gasteiger partial charge in [0.1, 0.15) is 0 Å². The zero-order valence-electron chi connectivity index (χ0n) is 14.2. The summed E-state index contributed by atoms with van der Waals surface area (Å²) in [6.45, 7) is 3.33. The molecule has 1 heterocycles. The Morgan fingerprint density at radius 3 is 2.78 bits per heavy atom. The molecule has 4 atom stereocenters. The number of ether oxygens (including phenoxy) is 3. The van der Waals surface area contributed by atoms with E-state index in [-0.39, 0.29) is 17.8 Å². The van der Waals surface area contributed by atoms with Crippen LogP contribution in [0.15, 0.2) is 11.8 Å². The SMILES string of the molecule is COC(=O)C1=COC(OC(=O)NCCN(C)C)C2C(C)CCC12. The highest BCUT2D eigenvalue weighted by atomic mass is 16.7. The van der Waals surface area contributed by atoms with E-state index in [0.29, 0.717) is 18.0 Å². The number of alkyl carbamates (subject to hydrolysis) is 1. The van der Waals surface area contributed by atoms with E-state index in [0.717, 1.165) is 19.4 Å². The van der Waals surface area contributed by atoms with E-state index in [1.54, 1.807) is 0 Å². The summed E-state index contributed by atoms with van der Waals surface area (Å²) in [6.07, 6.45) is 2.07. The van der Waals surface area contributed by atoms with Gasteiger partial charge in [-0.3, -0.25) is 0 Å². The lowest BCUT2D eigenvalue weighted by atomic mass is 9.83. The van der Waals surface area contributed by atoms with Crippen molar-refractivity contribution in [1.82, 2.24) is 10.2 Å². The number of esters is 1. The minimum absolute atomic E-state index is 0.0192. The average Bonchev–Trinajstić information content (AvgIpc) is 2.89. The van der Waals surface area contributed by atoms with Crippen LogP contribution in [-0.2, 0) is 19.0 Å². The number of nitrogens with one attached hydrogen (secondary N) is 1. The first-order chi connectivity index (χ1) is 10.9. The third-order valence-corrected chi connectivity index (χ3v) is 4.57. The topological polar surface area (TPSA) is 77.1 Å². The highest BCUT2D eigenvalue weighted by molar-refractivity contribution is 5.89. The third kappa shape index (κ3) is 4.16. The van der Waals surface area contributed by atoms with E-state index < -0.39 is 12.4 Å². The molecule has 1 N–H and O–H groups in total. The van der Waals surface area contributed by atoms with Crippen molar-refractivity contribution in [2.45, 2.75) is 26.1 Å². The van der Waals surface area contributed by atoms with Crippen LogP contribution in [0.4, 0.5) is 4.79 Å². The molecule has 7 nitrogen and oxygen atoms in total. The first-order valence-electron chi connectivity index (χ1n) is 7.97. The second-order valence-corrected chi connectivity index (χ2v) is 6.44. The molecule has 2 aliphatic rings. The summed E-state index contributed by atoms with van der Waals surface area (Å²) < 4.78 is 15.8. The van der Waals surface area contributed by atoms with E-state index in [1.807, 2.05) is 19.0 Å². The summed E-state index contributed by atoms with van der Waals surface area (Å²) in [7, 11) is 5.22. The summed E-state index contributed by atoms with van der Waals surface area (Å²) in [5.41, 5.74) is 0.537. The molecule has 0 saturated heterocycles. The van der Waals surface area contributed by atoms with Crippen molar-refractivity contribution in [1.29, 1.82) is 0 Å². The number of fused-ring (bicyclic) bond motifs is 1. The number of rotatable bonds is 5. The van der Waals surface area contributed by atoms with Gasteiger partial charge in [-0.05, 0) is 32.9 Å². The van der Waals surface area contributed by atoms with Gasteiger partial charge in [0.15, 0.2) is 0 Å². The van der Waals surface area contributed by atoms with Crippen LogP contribution in [0.25, 0.3) is 0 Å². The van der Waals surface area contributed by atoms with Crippen molar-refractivity contribution >= 4 is 12.1 Å². The predicted molar refractivity (Wildman–Crippen MR) is 83.4 cm³/mol. The maximum Gasteiger partial charge on any atom is 0.410 e. The normalized spacial score (nSPS) is 29.3. The Labute approximate surface area is 136 Å². The molecule has 7 heteroatoms. The molecule has 1 aliphatic carbocycles. The quantitative estimate of drug-likeness (QED) is 0.769. The number of amides is 1. The lowest BCUT2D eigenvalue weighted by Crippen LogP contribution is -2.42. The highest BCUT2D eigenvalue weighted by Gasteiger charge is 2.47. The van der Waals surface area contributed by atoms with E-state index >= 15 is 0 Å². The van der Waals surface area contributed by atoms with Crippen molar-refractivity contribution in [2.75, 3.05) is 34.3 Å². The standard InChI is InChI=1S/C16H26N2O5/c1-10-5-6-11-12(14(19)21-4)9-22-15(13(10)11)23-16(20)17-7-8-18(2)3/h9-11,13,15H,5-8H2,1-4H3,(H,17,20). The van der Waals surface area contributed by atoms with Crippen LogP contribution < -0.4 is 5.32 Å². The van der Waals surface area contributed by atoms with E-state index in [4.69, 9.17) is 14.2 Å². The fraction of sp³-hybridized carbons (Fsp3) is 0.750. The molecule has 0 aromatic rings. The molecule has 0 aromatic carbocycles. The number of hydrogen-bond acceptors (Lipinski definition) is 6. The molecule has 0 bridgehead atoms. The van der Waals surface area contributed by atoms with Gasteiger partial charge < -0.3 is 24.4 Å². The fourth-order valence-corrected chi connectivity index (χ4v) is 3.32. The first-order valence-corrected chi connectivity index (χ1v) is 7.97. The van der Waals surface area contributed by atoms with Crippen LogP contribution in [-0.4, -0.2) is 57.5 Å². The van der Waals surface area contributed by atoms with Crippen LogP contribution in [0.5, 0.6) is 0 Å². The van der Waals surface area contributed by atoms with Crippen molar-refractivity contribution < 1.29 is 23.8 Å². The molecule has 1 aliphatic heterocycles. The number of nitrogens with zero attached hydrogens (tertiary/aromatic N) is 1. The Morgan fingerprint density at radius 1 is 1.39 bits per heavy atom. The Kier molecular flexibility index (Phi) is 5.87. The molecule has 1 amide bonds. The number of carbonyl (C=O) groups excluding carboxylic acids is 2. The molecule has 4 unspecified atom stereocenters. The van der Waals surface area contributed by atoms with E-state index in [1.165, 1.54) is 13.4 Å². The average molecular weight is 326 g/mol. The maximum absolute atomic E-state index is 11.9. The molecule has 1 fully saturated rings. The molecule has 130 valence electrons. The van der Waals surface area contributed by atoms with Gasteiger partial charge >= 0.3 is 12.1 Å². The molecule has 0 aromatic heterocycles. The molecule has 2 rings (SSSR count). The molecular weight excluding hydrogens is 300 g/mol. The second kappa shape index (κ2) is 7.68. The van der Waals surface area contributed by atoms with Gasteiger partial charge in [0, 0.05) is 24.9 Å². The van der Waals surface area contributed by atoms with E-state index in [9.17, 15) is 9.59 Å². The molecule has 23 heavy (non-hydrogen) atoms. The number of carbonyl (C=O) groups is 2. The summed E-state index contributed by atoms with van der Waals surface area (Å²) in [5.74, 6) is -0.0598. The third-order valence-electron chi connectivity index (χ3n) is 4.57. The van der Waals surface area contributed by atoms with Crippen molar-refractivity contribution in [3.63, 3.8) is 0 Å². The zero-order chi connectivity index (χ0) is 17.0. The van der Waals surface area contributed by atoms with Gasteiger partial charge in [-0.2, -0.15) is 0 Å². The van der Waals surface area contributed by atoms with E-state index in [2.05, 4.69) is 12.2 Å². The second-order valence-electron chi connectivity index (χ2n) is 6.44. The highest BCUT2D eigenvalue weighted by Crippen LogP contribution is 2.46. The summed E-state index contributed by atoms with van der Waals surface area (Å²) >= 11 is 0. The fourth-order valence-electron chi connectivity index (χ4n) is 3.32. The molecular formula is C16H26N2O5. The lowest BCUT2D eigenvalue weighted by Gasteiger charge is -2.34. The summed E-state index contributed by atoms with van der Waals surface area (Å²) in [6, 6.07) is 0. The van der Waals surface area contributed by atoms with Crippen LogP contribution in [0.2, 0.25) is 0 Å². The number of likely N-dealkylation sites (N-methyl/N-ethyl adjacent to an activating group) is 1. The van der Waals surface area contributed by atoms with Crippen molar-refractivity contribution in [2.24, 2.45) is 17.8 Å². The minimum atomic E-state index is -0.662. The summed E-state index contributed by atoms with van der Waals surface area (Å²) in [4.78, 5) is 25.7. The lowest BCUT2D eigenvalue weighted by molar-refractivity contribution is -0.145. The van der Waals surface area contributed by atoms with Crippen molar-refractivity contribution in [3.05, 3.63) is 11.8 Å². The van der Waals surface area contributed by atoms with Gasteiger partial charge in [0.05, 0.1) is 18.9 Å². The summed E-state index contributed by atoms with van der Waals surface area (Å²) in [5, 5.41) is 2.71. The maximum atomic E-state index is 11.9. The Balaban J connectivity index is 1.98. The van der Waals surface area contributed by atoms with Gasteiger partial charge in [0.25, 0.3) is 0 Å². The molecule has 0 spiro atoms. The largest absolute Gasteiger partial charge is 0.466 e. The van der Waals surface area contributed by atoms with Crippen LogP contribution in [0.1, 0.15) is 19.8 Å². The predicted octanol–water partition coefficient (Wildman–Crippen LogP) is 1.35. The smallest absolute Gasteiger partial charge is 0.410 e.